The van der Waals surface area contributed by atoms with E-state index in [1.165, 1.54) is 0 Å². The zero-order valence-electron chi connectivity index (χ0n) is 12.5. The zero-order valence-corrected chi connectivity index (χ0v) is 13.3. The van der Waals surface area contributed by atoms with Crippen LogP contribution in [0.2, 0.25) is 5.02 Å². The van der Waals surface area contributed by atoms with Crippen LogP contribution in [0.4, 0.5) is 5.69 Å². The largest absolute Gasteiger partial charge is 0.481 e. The summed E-state index contributed by atoms with van der Waals surface area (Å²) in [6.07, 6.45) is 1.86. The van der Waals surface area contributed by atoms with E-state index in [4.69, 9.17) is 16.3 Å². The molecule has 0 saturated carbocycles. The van der Waals surface area contributed by atoms with Gasteiger partial charge in [0.2, 0.25) is 11.8 Å². The van der Waals surface area contributed by atoms with Crippen molar-refractivity contribution in [3.63, 3.8) is 0 Å². The maximum atomic E-state index is 12.3. The van der Waals surface area contributed by atoms with Crippen molar-refractivity contribution in [3.05, 3.63) is 65.3 Å². The van der Waals surface area contributed by atoms with E-state index in [9.17, 15) is 4.79 Å². The van der Waals surface area contributed by atoms with Gasteiger partial charge in [-0.05, 0) is 23.8 Å². The van der Waals surface area contributed by atoms with Crippen molar-refractivity contribution in [2.75, 3.05) is 12.4 Å². The number of halogens is 1. The van der Waals surface area contributed by atoms with E-state index in [1.54, 1.807) is 25.4 Å². The molecule has 1 amide bonds. The number of hydrogen-bond acceptors (Lipinski definition) is 3. The van der Waals surface area contributed by atoms with E-state index in [1.807, 2.05) is 36.4 Å². The van der Waals surface area contributed by atoms with Crippen LogP contribution < -0.4 is 10.1 Å². The second-order valence-electron chi connectivity index (χ2n) is 5.08. The van der Waals surface area contributed by atoms with Crippen molar-refractivity contribution in [2.24, 2.45) is 0 Å². The van der Waals surface area contributed by atoms with Crippen LogP contribution in [0.3, 0.4) is 0 Å². The Hall–Kier alpha value is -2.59. The number of pyridine rings is 1. The second kappa shape index (κ2) is 6.67. The van der Waals surface area contributed by atoms with Crippen molar-refractivity contribution in [1.82, 2.24) is 4.98 Å². The summed E-state index contributed by atoms with van der Waals surface area (Å²) in [5.74, 6) is 0.415. The molecule has 2 aromatic carbocycles. The fourth-order valence-corrected chi connectivity index (χ4v) is 2.67. The molecule has 0 fully saturated rings. The Morgan fingerprint density at radius 3 is 2.70 bits per heavy atom. The van der Waals surface area contributed by atoms with Crippen molar-refractivity contribution >= 4 is 34.0 Å². The summed E-state index contributed by atoms with van der Waals surface area (Å²) >= 11 is 5.94. The Morgan fingerprint density at radius 1 is 1.17 bits per heavy atom. The van der Waals surface area contributed by atoms with Gasteiger partial charge in [0.15, 0.2) is 0 Å². The minimum Gasteiger partial charge on any atom is -0.481 e. The third-order valence-corrected chi connectivity index (χ3v) is 3.71. The Bertz CT molecular complexity index is 865. The van der Waals surface area contributed by atoms with Crippen LogP contribution >= 0.6 is 11.6 Å². The number of nitrogens with zero attached hydrogens (tertiary/aromatic N) is 1. The summed E-state index contributed by atoms with van der Waals surface area (Å²) in [7, 11) is 1.58. The van der Waals surface area contributed by atoms with Gasteiger partial charge >= 0.3 is 0 Å². The maximum Gasteiger partial charge on any atom is 0.228 e. The number of benzene rings is 2. The van der Waals surface area contributed by atoms with E-state index in [-0.39, 0.29) is 12.3 Å². The summed E-state index contributed by atoms with van der Waals surface area (Å²) in [6, 6.07) is 14.9. The molecular formula is C18H15ClN2O2. The normalized spacial score (nSPS) is 10.5. The van der Waals surface area contributed by atoms with Gasteiger partial charge in [-0.3, -0.25) is 4.79 Å². The first kappa shape index (κ1) is 15.3. The van der Waals surface area contributed by atoms with E-state index in [0.29, 0.717) is 16.6 Å². The quantitative estimate of drug-likeness (QED) is 0.786. The first-order valence-corrected chi connectivity index (χ1v) is 7.51. The molecule has 23 heavy (non-hydrogen) atoms. The number of aromatic nitrogens is 1. The number of anilines is 1. The lowest BCUT2D eigenvalue weighted by Gasteiger charge is -2.11. The number of fused-ring (bicyclic) bond motifs is 1. The molecule has 0 aliphatic carbocycles. The first-order valence-electron chi connectivity index (χ1n) is 7.13. The van der Waals surface area contributed by atoms with E-state index < -0.39 is 0 Å². The van der Waals surface area contributed by atoms with Gasteiger partial charge in [0.25, 0.3) is 0 Å². The van der Waals surface area contributed by atoms with Crippen LogP contribution in [0, 0.1) is 0 Å². The minimum atomic E-state index is -0.121. The molecule has 0 saturated heterocycles. The highest BCUT2D eigenvalue weighted by Gasteiger charge is 2.10. The molecule has 0 atom stereocenters. The van der Waals surface area contributed by atoms with Gasteiger partial charge in [-0.2, -0.15) is 0 Å². The maximum absolute atomic E-state index is 12.3. The van der Waals surface area contributed by atoms with Crippen LogP contribution in [-0.2, 0) is 11.2 Å². The third-order valence-electron chi connectivity index (χ3n) is 3.48. The molecule has 0 spiro atoms. The molecule has 0 aliphatic rings. The average molecular weight is 327 g/mol. The number of rotatable bonds is 4. The molecular weight excluding hydrogens is 312 g/mol. The molecule has 3 aromatic rings. The zero-order chi connectivity index (χ0) is 16.2. The number of nitrogens with one attached hydrogen (secondary N) is 1. The lowest BCUT2D eigenvalue weighted by molar-refractivity contribution is -0.115. The van der Waals surface area contributed by atoms with Crippen molar-refractivity contribution in [3.8, 4) is 5.88 Å². The van der Waals surface area contributed by atoms with Gasteiger partial charge in [0, 0.05) is 15.8 Å². The topological polar surface area (TPSA) is 51.2 Å². The van der Waals surface area contributed by atoms with Gasteiger partial charge in [-0.25, -0.2) is 4.98 Å². The highest BCUT2D eigenvalue weighted by atomic mass is 35.5. The Morgan fingerprint density at radius 2 is 1.96 bits per heavy atom. The summed E-state index contributed by atoms with van der Waals surface area (Å²) in [6.45, 7) is 0. The number of methoxy groups -OCH3 is 1. The standard InChI is InChI=1S/C18H15ClN2O2/c1-23-18-15-8-3-2-7-14(15)16(11-20-18)21-17(22)10-12-5-4-6-13(19)9-12/h2-9,11H,10H2,1H3,(H,21,22). The smallest absolute Gasteiger partial charge is 0.228 e. The van der Waals surface area contributed by atoms with Gasteiger partial charge in [0.05, 0.1) is 25.4 Å². The van der Waals surface area contributed by atoms with Crippen LogP contribution in [0.15, 0.2) is 54.7 Å². The van der Waals surface area contributed by atoms with Gasteiger partial charge in [-0.1, -0.05) is 41.9 Å². The third kappa shape index (κ3) is 3.43. The minimum absolute atomic E-state index is 0.121. The Labute approximate surface area is 139 Å². The summed E-state index contributed by atoms with van der Waals surface area (Å²) in [5.41, 5.74) is 1.52. The van der Waals surface area contributed by atoms with Crippen LogP contribution in [-0.4, -0.2) is 18.0 Å². The fourth-order valence-electron chi connectivity index (χ4n) is 2.46. The van der Waals surface area contributed by atoms with Crippen LogP contribution in [0.1, 0.15) is 5.56 Å². The number of carbonyl (C=O) groups is 1. The van der Waals surface area contributed by atoms with Crippen LogP contribution in [0.25, 0.3) is 10.8 Å². The van der Waals surface area contributed by atoms with E-state index in [2.05, 4.69) is 10.3 Å². The molecule has 0 bridgehead atoms. The highest BCUT2D eigenvalue weighted by Crippen LogP contribution is 2.29. The van der Waals surface area contributed by atoms with Gasteiger partial charge < -0.3 is 10.1 Å². The molecule has 1 aromatic heterocycles. The molecule has 3 rings (SSSR count). The molecule has 4 nitrogen and oxygen atoms in total. The lowest BCUT2D eigenvalue weighted by Crippen LogP contribution is -2.15. The Kier molecular flexibility index (Phi) is 4.44. The number of carbonyl (C=O) groups excluding carboxylic acids is 1. The Balaban J connectivity index is 1.85. The number of amides is 1. The molecule has 0 radical (unpaired) electrons. The van der Waals surface area contributed by atoms with Gasteiger partial charge in [0.1, 0.15) is 0 Å². The lowest BCUT2D eigenvalue weighted by atomic mass is 10.1. The number of hydrogen-bond donors (Lipinski definition) is 1. The van der Waals surface area contributed by atoms with Crippen molar-refractivity contribution in [1.29, 1.82) is 0 Å². The monoisotopic (exact) mass is 326 g/mol. The predicted octanol–water partition coefficient (Wildman–Crippen LogP) is 4.08. The summed E-state index contributed by atoms with van der Waals surface area (Å²) in [4.78, 5) is 16.5. The molecule has 5 heteroatoms. The fraction of sp³-hybridized carbons (Fsp3) is 0.111. The second-order valence-corrected chi connectivity index (χ2v) is 5.52. The van der Waals surface area contributed by atoms with Crippen LogP contribution in [0.5, 0.6) is 5.88 Å². The first-order chi connectivity index (χ1) is 11.2. The summed E-state index contributed by atoms with van der Waals surface area (Å²) < 4.78 is 5.26. The van der Waals surface area contributed by atoms with Crippen molar-refractivity contribution < 1.29 is 9.53 Å². The predicted molar refractivity (Wildman–Crippen MR) is 92.1 cm³/mol. The summed E-state index contributed by atoms with van der Waals surface area (Å²) in [5, 5.41) is 5.27. The molecule has 116 valence electrons. The van der Waals surface area contributed by atoms with E-state index >= 15 is 0 Å². The van der Waals surface area contributed by atoms with Crippen molar-refractivity contribution in [2.45, 2.75) is 6.42 Å². The molecule has 0 unspecified atom stereocenters. The average Bonchev–Trinajstić information content (AvgIpc) is 2.55. The number of ether oxygens (including phenoxy) is 1. The van der Waals surface area contributed by atoms with E-state index in [0.717, 1.165) is 16.3 Å². The molecule has 1 heterocycles. The highest BCUT2D eigenvalue weighted by molar-refractivity contribution is 6.30. The SMILES string of the molecule is COc1ncc(NC(=O)Cc2cccc(Cl)c2)c2ccccc12. The molecule has 0 aliphatic heterocycles. The van der Waals surface area contributed by atoms with Gasteiger partial charge in [-0.15, -0.1) is 0 Å². The molecule has 1 N–H and O–H groups in total.